The molecule has 0 spiro atoms. The molecule has 1 N–H and O–H groups in total. The molecule has 0 saturated carbocycles. The van der Waals surface area contributed by atoms with Crippen molar-refractivity contribution >= 4 is 35.6 Å². The van der Waals surface area contributed by atoms with Crippen LogP contribution in [-0.4, -0.2) is 89.4 Å². The summed E-state index contributed by atoms with van der Waals surface area (Å²) in [5, 5.41) is 3.36. The van der Waals surface area contributed by atoms with E-state index < -0.39 is 11.7 Å². The molecule has 166 valence electrons. The second-order valence-electron chi connectivity index (χ2n) is 6.79. The van der Waals surface area contributed by atoms with Crippen LogP contribution < -0.4 is 10.2 Å². The van der Waals surface area contributed by atoms with E-state index in [1.54, 1.807) is 20.2 Å². The van der Waals surface area contributed by atoms with E-state index in [1.165, 1.54) is 12.1 Å². The summed E-state index contributed by atoms with van der Waals surface area (Å²) >= 11 is 0. The van der Waals surface area contributed by atoms with Crippen LogP contribution in [0.3, 0.4) is 0 Å². The molecule has 0 unspecified atom stereocenters. The Morgan fingerprint density at radius 1 is 1.21 bits per heavy atom. The van der Waals surface area contributed by atoms with Crippen molar-refractivity contribution in [3.05, 3.63) is 29.8 Å². The van der Waals surface area contributed by atoms with Gasteiger partial charge in [-0.25, -0.2) is 0 Å². The number of piperazine rings is 1. The summed E-state index contributed by atoms with van der Waals surface area (Å²) < 4.78 is 43.9. The quantitative estimate of drug-likeness (QED) is 0.335. The van der Waals surface area contributed by atoms with Crippen LogP contribution in [0.2, 0.25) is 0 Å². The average Bonchev–Trinajstić information content (AvgIpc) is 2.69. The predicted molar refractivity (Wildman–Crippen MR) is 121 cm³/mol. The fourth-order valence-corrected chi connectivity index (χ4v) is 3.11. The second-order valence-corrected chi connectivity index (χ2v) is 6.79. The lowest BCUT2D eigenvalue weighted by atomic mass is 10.1. The van der Waals surface area contributed by atoms with Gasteiger partial charge in [0.05, 0.1) is 12.2 Å². The Balaban J connectivity index is 0.00000420. The zero-order chi connectivity index (χ0) is 20.6. The Bertz CT molecular complexity index is 637. The molecule has 0 bridgehead atoms. The second kappa shape index (κ2) is 12.4. The third-order valence-corrected chi connectivity index (χ3v) is 4.78. The molecule has 29 heavy (non-hydrogen) atoms. The van der Waals surface area contributed by atoms with Crippen LogP contribution in [0.5, 0.6) is 0 Å². The van der Waals surface area contributed by atoms with E-state index in [4.69, 9.17) is 4.74 Å². The van der Waals surface area contributed by atoms with E-state index in [0.29, 0.717) is 38.5 Å². The van der Waals surface area contributed by atoms with Crippen LogP contribution in [0.15, 0.2) is 29.3 Å². The van der Waals surface area contributed by atoms with Gasteiger partial charge in [-0.1, -0.05) is 6.07 Å². The molecule has 10 heteroatoms. The number of methoxy groups -OCH3 is 1. The van der Waals surface area contributed by atoms with E-state index >= 15 is 0 Å². The van der Waals surface area contributed by atoms with Gasteiger partial charge in [-0.2, -0.15) is 13.2 Å². The summed E-state index contributed by atoms with van der Waals surface area (Å²) in [6, 6.07) is 5.52. The SMILES string of the molecule is CN=C(NCCN(C)CCOC)N1CCN(c2cccc(C(F)(F)F)c2)CC1.I. The lowest BCUT2D eigenvalue weighted by Gasteiger charge is -2.38. The van der Waals surface area contributed by atoms with Crippen LogP contribution in [-0.2, 0) is 10.9 Å². The number of rotatable bonds is 7. The van der Waals surface area contributed by atoms with Crippen molar-refractivity contribution < 1.29 is 17.9 Å². The number of ether oxygens (including phenoxy) is 1. The van der Waals surface area contributed by atoms with Crippen LogP contribution in [0.4, 0.5) is 18.9 Å². The monoisotopic (exact) mass is 529 g/mol. The lowest BCUT2D eigenvalue weighted by Crippen LogP contribution is -2.53. The number of halogens is 4. The van der Waals surface area contributed by atoms with E-state index in [-0.39, 0.29) is 24.0 Å². The first kappa shape index (κ1) is 25.8. The minimum Gasteiger partial charge on any atom is -0.383 e. The molecule has 1 heterocycles. The van der Waals surface area contributed by atoms with Gasteiger partial charge in [-0.05, 0) is 25.2 Å². The van der Waals surface area contributed by atoms with E-state index in [1.807, 2.05) is 11.9 Å². The van der Waals surface area contributed by atoms with E-state index in [0.717, 1.165) is 31.7 Å². The summed E-state index contributed by atoms with van der Waals surface area (Å²) in [4.78, 5) is 10.6. The van der Waals surface area contributed by atoms with Crippen molar-refractivity contribution in [2.75, 3.05) is 78.5 Å². The standard InChI is InChI=1S/C19H30F3N5O.HI/c1-23-18(24-7-8-25(2)13-14-28-3)27-11-9-26(10-12-27)17-6-4-5-16(15-17)19(20,21)22;/h4-6,15H,7-14H2,1-3H3,(H,23,24);1H. The Labute approximate surface area is 188 Å². The molecule has 6 nitrogen and oxygen atoms in total. The summed E-state index contributed by atoms with van der Waals surface area (Å²) in [5.74, 6) is 0.823. The Hall–Kier alpha value is -1.27. The van der Waals surface area contributed by atoms with Gasteiger partial charge in [-0.15, -0.1) is 24.0 Å². The van der Waals surface area contributed by atoms with E-state index in [2.05, 4.69) is 20.1 Å². The Morgan fingerprint density at radius 2 is 1.90 bits per heavy atom. The fourth-order valence-electron chi connectivity index (χ4n) is 3.11. The van der Waals surface area contributed by atoms with Crippen molar-refractivity contribution in [1.29, 1.82) is 0 Å². The van der Waals surface area contributed by atoms with Crippen molar-refractivity contribution in [3.8, 4) is 0 Å². The first-order valence-electron chi connectivity index (χ1n) is 9.40. The molecular formula is C19H31F3IN5O. The summed E-state index contributed by atoms with van der Waals surface area (Å²) in [6.07, 6.45) is -4.32. The maximum absolute atomic E-state index is 12.9. The van der Waals surface area contributed by atoms with Crippen molar-refractivity contribution in [3.63, 3.8) is 0 Å². The van der Waals surface area contributed by atoms with Crippen LogP contribution in [0, 0.1) is 0 Å². The zero-order valence-corrected chi connectivity index (χ0v) is 19.5. The molecule has 0 atom stereocenters. The third-order valence-electron chi connectivity index (χ3n) is 4.78. The Kier molecular flexibility index (Phi) is 11.0. The minimum atomic E-state index is -4.32. The molecular weight excluding hydrogens is 498 g/mol. The smallest absolute Gasteiger partial charge is 0.383 e. The molecule has 1 fully saturated rings. The van der Waals surface area contributed by atoms with E-state index in [9.17, 15) is 13.2 Å². The lowest BCUT2D eigenvalue weighted by molar-refractivity contribution is -0.137. The van der Waals surface area contributed by atoms with Gasteiger partial charge in [-0.3, -0.25) is 4.99 Å². The molecule has 1 aromatic carbocycles. The van der Waals surface area contributed by atoms with Gasteiger partial charge in [0, 0.05) is 65.7 Å². The normalized spacial score (nSPS) is 15.5. The highest BCUT2D eigenvalue weighted by atomic mass is 127. The van der Waals surface area contributed by atoms with Crippen molar-refractivity contribution in [1.82, 2.24) is 15.1 Å². The van der Waals surface area contributed by atoms with Crippen LogP contribution in [0.25, 0.3) is 0 Å². The highest BCUT2D eigenvalue weighted by Crippen LogP contribution is 2.31. The van der Waals surface area contributed by atoms with Gasteiger partial charge in [0.25, 0.3) is 0 Å². The number of aliphatic imine (C=N–C) groups is 1. The first-order chi connectivity index (χ1) is 13.3. The molecule has 1 saturated heterocycles. The minimum absolute atomic E-state index is 0. The van der Waals surface area contributed by atoms with Crippen LogP contribution >= 0.6 is 24.0 Å². The number of hydrogen-bond donors (Lipinski definition) is 1. The van der Waals surface area contributed by atoms with Crippen LogP contribution in [0.1, 0.15) is 5.56 Å². The number of guanidine groups is 1. The van der Waals surface area contributed by atoms with Crippen molar-refractivity contribution in [2.45, 2.75) is 6.18 Å². The van der Waals surface area contributed by atoms with Gasteiger partial charge < -0.3 is 24.8 Å². The number of nitrogens with one attached hydrogen (secondary N) is 1. The highest BCUT2D eigenvalue weighted by Gasteiger charge is 2.31. The highest BCUT2D eigenvalue weighted by molar-refractivity contribution is 14.0. The maximum Gasteiger partial charge on any atom is 0.416 e. The average molecular weight is 529 g/mol. The van der Waals surface area contributed by atoms with Crippen molar-refractivity contribution in [2.24, 2.45) is 4.99 Å². The molecule has 0 radical (unpaired) electrons. The van der Waals surface area contributed by atoms with Gasteiger partial charge in [0.2, 0.25) is 0 Å². The summed E-state index contributed by atoms with van der Waals surface area (Å²) in [5.41, 5.74) is -0.000289. The predicted octanol–water partition coefficient (Wildman–Crippen LogP) is 2.60. The summed E-state index contributed by atoms with van der Waals surface area (Å²) in [7, 11) is 5.47. The number of hydrogen-bond acceptors (Lipinski definition) is 4. The first-order valence-corrected chi connectivity index (χ1v) is 9.40. The van der Waals surface area contributed by atoms with Gasteiger partial charge in [0.1, 0.15) is 0 Å². The molecule has 1 aliphatic rings. The number of anilines is 1. The topological polar surface area (TPSA) is 43.3 Å². The number of alkyl halides is 3. The molecule has 0 aliphatic carbocycles. The molecule has 0 amide bonds. The number of nitrogens with zero attached hydrogens (tertiary/aromatic N) is 4. The van der Waals surface area contributed by atoms with Gasteiger partial charge >= 0.3 is 6.18 Å². The largest absolute Gasteiger partial charge is 0.416 e. The third kappa shape index (κ3) is 8.17. The number of benzene rings is 1. The van der Waals surface area contributed by atoms with Gasteiger partial charge in [0.15, 0.2) is 5.96 Å². The number of likely N-dealkylation sites (N-methyl/N-ethyl adjacent to an activating group) is 1. The Morgan fingerprint density at radius 3 is 2.48 bits per heavy atom. The molecule has 2 rings (SSSR count). The zero-order valence-electron chi connectivity index (χ0n) is 17.2. The molecule has 0 aromatic heterocycles. The summed E-state index contributed by atoms with van der Waals surface area (Å²) in [6.45, 7) is 5.90. The molecule has 1 aromatic rings. The molecule has 1 aliphatic heterocycles. The maximum atomic E-state index is 12.9. The fraction of sp³-hybridized carbons (Fsp3) is 0.632.